The first-order chi connectivity index (χ1) is 6.02. The largest absolute Gasteiger partial charge is 0.389 e. The van der Waals surface area contributed by atoms with Gasteiger partial charge in [-0.1, -0.05) is 23.2 Å². The molecular formula is C8H7Cl2FN2. The second-order valence-electron chi connectivity index (χ2n) is 2.39. The molecule has 0 saturated heterocycles. The number of nitrogens with two attached hydrogens (primary N) is 2. The average molecular weight is 221 g/mol. The monoisotopic (exact) mass is 220 g/mol. The summed E-state index contributed by atoms with van der Waals surface area (Å²) >= 11 is 11.1. The standard InChI is InChI=1S/C8H7Cl2FN2/c9-7(12)5-2-1-4(11)3-6(5)8(10)13/h1-3H,12-13H2/b7-5-,8-6-. The average Bonchev–Trinajstić information content (AvgIpc) is 2.03. The van der Waals surface area contributed by atoms with Crippen LogP contribution in [0.4, 0.5) is 4.39 Å². The number of rotatable bonds is 0. The molecule has 0 saturated carbocycles. The molecule has 0 radical (unpaired) electrons. The fraction of sp³-hybridized carbons (Fsp3) is 0. The van der Waals surface area contributed by atoms with Crippen LogP contribution in [0.1, 0.15) is 0 Å². The first-order valence-corrected chi connectivity index (χ1v) is 4.14. The zero-order chi connectivity index (χ0) is 10.0. The van der Waals surface area contributed by atoms with Gasteiger partial charge in [0.1, 0.15) is 16.1 Å². The van der Waals surface area contributed by atoms with Gasteiger partial charge in [-0.25, -0.2) is 4.39 Å². The topological polar surface area (TPSA) is 52.0 Å². The summed E-state index contributed by atoms with van der Waals surface area (Å²) in [6, 6.07) is 3.82. The van der Waals surface area contributed by atoms with E-state index >= 15 is 0 Å². The van der Waals surface area contributed by atoms with E-state index in [0.29, 0.717) is 10.4 Å². The summed E-state index contributed by atoms with van der Waals surface area (Å²) < 4.78 is 12.8. The highest BCUT2D eigenvalue weighted by atomic mass is 35.5. The van der Waals surface area contributed by atoms with Crippen molar-refractivity contribution in [3.63, 3.8) is 0 Å². The van der Waals surface area contributed by atoms with E-state index < -0.39 is 5.82 Å². The highest BCUT2D eigenvalue weighted by Crippen LogP contribution is 1.92. The second kappa shape index (κ2) is 3.85. The first kappa shape index (κ1) is 10.2. The fourth-order valence-corrected chi connectivity index (χ4v) is 1.24. The van der Waals surface area contributed by atoms with Gasteiger partial charge in [0.15, 0.2) is 0 Å². The molecule has 5 heteroatoms. The zero-order valence-electron chi connectivity index (χ0n) is 6.52. The molecule has 1 rings (SSSR count). The van der Waals surface area contributed by atoms with E-state index in [2.05, 4.69) is 0 Å². The van der Waals surface area contributed by atoms with E-state index in [1.165, 1.54) is 18.2 Å². The van der Waals surface area contributed by atoms with Gasteiger partial charge in [-0.2, -0.15) is 0 Å². The molecule has 13 heavy (non-hydrogen) atoms. The van der Waals surface area contributed by atoms with Crippen LogP contribution < -0.4 is 21.9 Å². The molecule has 0 spiro atoms. The Morgan fingerprint density at radius 2 is 1.62 bits per heavy atom. The van der Waals surface area contributed by atoms with Crippen molar-refractivity contribution in [1.82, 2.24) is 0 Å². The maximum absolute atomic E-state index is 12.8. The SMILES string of the molecule is N/C(Cl)=c1/ccc(F)c/c1=C(/N)Cl. The normalized spacial score (nSPS) is 15.3. The van der Waals surface area contributed by atoms with Gasteiger partial charge in [0.25, 0.3) is 0 Å². The minimum absolute atomic E-state index is 0.0265. The van der Waals surface area contributed by atoms with Gasteiger partial charge >= 0.3 is 0 Å². The lowest BCUT2D eigenvalue weighted by Crippen LogP contribution is -2.31. The van der Waals surface area contributed by atoms with E-state index in [9.17, 15) is 4.39 Å². The Labute approximate surface area is 84.2 Å². The molecular weight excluding hydrogens is 214 g/mol. The predicted octanol–water partition coefficient (Wildman–Crippen LogP) is 0.352. The van der Waals surface area contributed by atoms with Crippen molar-refractivity contribution < 1.29 is 4.39 Å². The summed E-state index contributed by atoms with van der Waals surface area (Å²) in [7, 11) is 0. The molecule has 0 amide bonds. The van der Waals surface area contributed by atoms with Crippen LogP contribution >= 0.6 is 23.2 Å². The molecule has 2 nitrogen and oxygen atoms in total. The lowest BCUT2D eigenvalue weighted by atomic mass is 10.2. The smallest absolute Gasteiger partial charge is 0.123 e. The van der Waals surface area contributed by atoms with Crippen LogP contribution in [0.5, 0.6) is 0 Å². The molecule has 4 N–H and O–H groups in total. The Morgan fingerprint density at radius 3 is 2.08 bits per heavy atom. The summed E-state index contributed by atoms with van der Waals surface area (Å²) in [6.07, 6.45) is 0. The summed E-state index contributed by atoms with van der Waals surface area (Å²) in [5.74, 6) is -0.444. The molecule has 0 atom stereocenters. The fourth-order valence-electron chi connectivity index (χ4n) is 0.922. The molecule has 0 aliphatic carbocycles. The second-order valence-corrected chi connectivity index (χ2v) is 3.20. The summed E-state index contributed by atoms with van der Waals surface area (Å²) in [5.41, 5.74) is 10.6. The Hall–Kier alpha value is -0.930. The minimum atomic E-state index is -0.444. The molecule has 1 aromatic rings. The lowest BCUT2D eigenvalue weighted by molar-refractivity contribution is 0.626. The number of hydrogen-bond donors (Lipinski definition) is 2. The third-order valence-electron chi connectivity index (χ3n) is 1.50. The van der Waals surface area contributed by atoms with Crippen LogP contribution in [0.2, 0.25) is 0 Å². The maximum atomic E-state index is 12.8. The Bertz CT molecular complexity index is 434. The number of benzene rings is 1. The highest BCUT2D eigenvalue weighted by Gasteiger charge is 1.96. The van der Waals surface area contributed by atoms with Crippen LogP contribution in [0.15, 0.2) is 18.2 Å². The minimum Gasteiger partial charge on any atom is -0.389 e. The molecule has 0 aliphatic heterocycles. The van der Waals surface area contributed by atoms with Crippen LogP contribution in [0, 0.1) is 5.82 Å². The third-order valence-corrected chi connectivity index (χ3v) is 1.90. The van der Waals surface area contributed by atoms with Gasteiger partial charge < -0.3 is 11.5 Å². The van der Waals surface area contributed by atoms with Crippen molar-refractivity contribution in [1.29, 1.82) is 0 Å². The van der Waals surface area contributed by atoms with Gasteiger partial charge in [-0.05, 0) is 18.2 Å². The molecule has 0 aromatic heterocycles. The van der Waals surface area contributed by atoms with Crippen LogP contribution in [0.3, 0.4) is 0 Å². The van der Waals surface area contributed by atoms with Gasteiger partial charge in [0.2, 0.25) is 0 Å². The van der Waals surface area contributed by atoms with Crippen LogP contribution in [-0.2, 0) is 0 Å². The number of halogens is 3. The van der Waals surface area contributed by atoms with Crippen molar-refractivity contribution >= 4 is 33.5 Å². The van der Waals surface area contributed by atoms with E-state index in [-0.39, 0.29) is 10.3 Å². The van der Waals surface area contributed by atoms with E-state index in [1.54, 1.807) is 0 Å². The molecule has 0 bridgehead atoms. The van der Waals surface area contributed by atoms with Crippen molar-refractivity contribution in [2.45, 2.75) is 0 Å². The predicted molar refractivity (Wildman–Crippen MR) is 52.5 cm³/mol. The van der Waals surface area contributed by atoms with Crippen LogP contribution in [-0.4, -0.2) is 0 Å². The molecule has 1 aromatic carbocycles. The molecule has 0 unspecified atom stereocenters. The molecule has 0 fully saturated rings. The zero-order valence-corrected chi connectivity index (χ0v) is 8.03. The molecule has 0 heterocycles. The molecule has 0 aliphatic rings. The van der Waals surface area contributed by atoms with Crippen molar-refractivity contribution in [2.75, 3.05) is 0 Å². The van der Waals surface area contributed by atoms with E-state index in [1.807, 2.05) is 0 Å². The van der Waals surface area contributed by atoms with Crippen molar-refractivity contribution in [3.8, 4) is 0 Å². The first-order valence-electron chi connectivity index (χ1n) is 3.38. The Balaban J connectivity index is 3.78. The number of hydrogen-bond acceptors (Lipinski definition) is 2. The van der Waals surface area contributed by atoms with E-state index in [4.69, 9.17) is 34.7 Å². The van der Waals surface area contributed by atoms with E-state index in [0.717, 1.165) is 0 Å². The summed E-state index contributed by atoms with van der Waals surface area (Å²) in [4.78, 5) is 0. The Morgan fingerprint density at radius 1 is 1.08 bits per heavy atom. The maximum Gasteiger partial charge on any atom is 0.123 e. The van der Waals surface area contributed by atoms with Gasteiger partial charge in [-0.3, -0.25) is 0 Å². The van der Waals surface area contributed by atoms with Crippen molar-refractivity contribution in [3.05, 3.63) is 34.5 Å². The lowest BCUT2D eigenvalue weighted by Gasteiger charge is -1.94. The van der Waals surface area contributed by atoms with Gasteiger partial charge in [0, 0.05) is 10.4 Å². The molecule has 70 valence electrons. The van der Waals surface area contributed by atoms with Crippen molar-refractivity contribution in [2.24, 2.45) is 11.5 Å². The summed E-state index contributed by atoms with van der Waals surface area (Å²) in [6.45, 7) is 0. The third kappa shape index (κ3) is 2.26. The van der Waals surface area contributed by atoms with Gasteiger partial charge in [-0.15, -0.1) is 0 Å². The summed E-state index contributed by atoms with van der Waals surface area (Å²) in [5, 5.41) is 0.710. The Kier molecular flexibility index (Phi) is 3.01. The van der Waals surface area contributed by atoms with Gasteiger partial charge in [0.05, 0.1) is 0 Å². The highest BCUT2D eigenvalue weighted by molar-refractivity contribution is 6.45. The quantitative estimate of drug-likeness (QED) is 0.621. The van der Waals surface area contributed by atoms with Crippen LogP contribution in [0.25, 0.3) is 10.3 Å².